The van der Waals surface area contributed by atoms with E-state index in [4.69, 9.17) is 15.2 Å². The standard InChI is InChI=1S/C14H22N2O3/c1-16(2)6-5-11(15)14(17)10-3-4-12-13(9-10)19-8-7-18-12/h3-4,9,11,14,17H,5-8,15H2,1-2H3. The minimum atomic E-state index is -0.684. The molecule has 2 atom stereocenters. The van der Waals surface area contributed by atoms with Crippen molar-refractivity contribution >= 4 is 0 Å². The van der Waals surface area contributed by atoms with Crippen LogP contribution in [0.5, 0.6) is 11.5 Å². The van der Waals surface area contributed by atoms with Gasteiger partial charge in [-0.25, -0.2) is 0 Å². The molecule has 1 aromatic carbocycles. The molecule has 1 aromatic rings. The van der Waals surface area contributed by atoms with Crippen LogP contribution >= 0.6 is 0 Å². The molecule has 2 rings (SSSR count). The van der Waals surface area contributed by atoms with E-state index < -0.39 is 6.10 Å². The average molecular weight is 266 g/mol. The molecule has 0 saturated heterocycles. The fourth-order valence-electron chi connectivity index (χ4n) is 2.06. The van der Waals surface area contributed by atoms with Crippen molar-refractivity contribution in [3.05, 3.63) is 23.8 Å². The number of aliphatic hydroxyl groups is 1. The van der Waals surface area contributed by atoms with E-state index >= 15 is 0 Å². The number of hydrogen-bond donors (Lipinski definition) is 2. The lowest BCUT2D eigenvalue weighted by Crippen LogP contribution is -2.32. The summed E-state index contributed by atoms with van der Waals surface area (Å²) in [5.41, 5.74) is 6.80. The van der Waals surface area contributed by atoms with Crippen LogP contribution in [0.25, 0.3) is 0 Å². The SMILES string of the molecule is CN(C)CCC(N)C(O)c1ccc2c(c1)OCCO2. The third kappa shape index (κ3) is 3.59. The minimum absolute atomic E-state index is 0.287. The number of ether oxygens (including phenoxy) is 2. The smallest absolute Gasteiger partial charge is 0.161 e. The first-order chi connectivity index (χ1) is 9.08. The van der Waals surface area contributed by atoms with Gasteiger partial charge >= 0.3 is 0 Å². The van der Waals surface area contributed by atoms with E-state index in [9.17, 15) is 5.11 Å². The minimum Gasteiger partial charge on any atom is -0.486 e. The Morgan fingerprint density at radius 3 is 2.63 bits per heavy atom. The Balaban J connectivity index is 2.04. The van der Waals surface area contributed by atoms with E-state index in [1.807, 2.05) is 32.3 Å². The van der Waals surface area contributed by atoms with Crippen LogP contribution in [-0.2, 0) is 0 Å². The zero-order valence-electron chi connectivity index (χ0n) is 11.5. The fraction of sp³-hybridized carbons (Fsp3) is 0.571. The number of rotatable bonds is 5. The molecule has 0 aliphatic carbocycles. The zero-order valence-corrected chi connectivity index (χ0v) is 11.5. The predicted octanol–water partition coefficient (Wildman–Crippen LogP) is 0.770. The van der Waals surface area contributed by atoms with Crippen molar-refractivity contribution in [2.24, 2.45) is 5.73 Å². The van der Waals surface area contributed by atoms with Crippen molar-refractivity contribution in [1.29, 1.82) is 0 Å². The second-order valence-corrected chi connectivity index (χ2v) is 5.10. The Kier molecular flexibility index (Phi) is 4.63. The Labute approximate surface area is 113 Å². The van der Waals surface area contributed by atoms with Crippen molar-refractivity contribution in [2.75, 3.05) is 33.9 Å². The summed E-state index contributed by atoms with van der Waals surface area (Å²) in [5, 5.41) is 10.3. The van der Waals surface area contributed by atoms with Gasteiger partial charge in [0.25, 0.3) is 0 Å². The first-order valence-corrected chi connectivity index (χ1v) is 6.56. The zero-order chi connectivity index (χ0) is 13.8. The highest BCUT2D eigenvalue weighted by atomic mass is 16.6. The highest BCUT2D eigenvalue weighted by Crippen LogP contribution is 2.33. The van der Waals surface area contributed by atoms with Crippen LogP contribution in [-0.4, -0.2) is 49.9 Å². The van der Waals surface area contributed by atoms with Crippen LogP contribution < -0.4 is 15.2 Å². The van der Waals surface area contributed by atoms with Gasteiger partial charge in [-0.1, -0.05) is 6.07 Å². The molecule has 0 saturated carbocycles. The summed E-state index contributed by atoms with van der Waals surface area (Å²) in [6.45, 7) is 1.96. The number of aliphatic hydroxyl groups excluding tert-OH is 1. The van der Waals surface area contributed by atoms with Gasteiger partial charge in [-0.3, -0.25) is 0 Å². The summed E-state index contributed by atoms with van der Waals surface area (Å²) >= 11 is 0. The summed E-state index contributed by atoms with van der Waals surface area (Å²) in [5.74, 6) is 1.41. The van der Waals surface area contributed by atoms with E-state index in [1.165, 1.54) is 0 Å². The Morgan fingerprint density at radius 1 is 1.26 bits per heavy atom. The summed E-state index contributed by atoms with van der Waals surface area (Å²) in [6.07, 6.45) is 0.0542. The molecule has 1 aliphatic rings. The topological polar surface area (TPSA) is 68.0 Å². The molecule has 2 unspecified atom stereocenters. The lowest BCUT2D eigenvalue weighted by molar-refractivity contribution is 0.135. The van der Waals surface area contributed by atoms with Gasteiger partial charge in [0.05, 0.1) is 6.10 Å². The molecule has 5 heteroatoms. The van der Waals surface area contributed by atoms with Crippen LogP contribution in [0.1, 0.15) is 18.1 Å². The van der Waals surface area contributed by atoms with Gasteiger partial charge in [0.15, 0.2) is 11.5 Å². The maximum Gasteiger partial charge on any atom is 0.161 e. The summed E-state index contributed by atoms with van der Waals surface area (Å²) in [7, 11) is 3.98. The van der Waals surface area contributed by atoms with Crippen molar-refractivity contribution in [2.45, 2.75) is 18.6 Å². The van der Waals surface area contributed by atoms with Crippen molar-refractivity contribution in [3.8, 4) is 11.5 Å². The lowest BCUT2D eigenvalue weighted by Gasteiger charge is -2.23. The molecule has 0 aromatic heterocycles. The molecule has 0 fully saturated rings. The molecule has 106 valence electrons. The Bertz CT molecular complexity index is 423. The number of hydrogen-bond acceptors (Lipinski definition) is 5. The van der Waals surface area contributed by atoms with E-state index in [1.54, 1.807) is 0 Å². The Morgan fingerprint density at radius 2 is 1.95 bits per heavy atom. The van der Waals surface area contributed by atoms with Crippen LogP contribution in [0.4, 0.5) is 0 Å². The van der Waals surface area contributed by atoms with Crippen molar-refractivity contribution < 1.29 is 14.6 Å². The van der Waals surface area contributed by atoms with Gasteiger partial charge in [0.1, 0.15) is 13.2 Å². The maximum atomic E-state index is 10.3. The molecule has 5 nitrogen and oxygen atoms in total. The van der Waals surface area contributed by atoms with Gasteiger partial charge in [-0.05, 0) is 44.8 Å². The molecule has 1 aliphatic heterocycles. The van der Waals surface area contributed by atoms with Gasteiger partial charge in [0.2, 0.25) is 0 Å². The van der Waals surface area contributed by atoms with Crippen molar-refractivity contribution in [3.63, 3.8) is 0 Å². The van der Waals surface area contributed by atoms with Gasteiger partial charge in [-0.15, -0.1) is 0 Å². The number of nitrogens with zero attached hydrogens (tertiary/aromatic N) is 1. The molecule has 0 radical (unpaired) electrons. The largest absolute Gasteiger partial charge is 0.486 e. The number of fused-ring (bicyclic) bond motifs is 1. The summed E-state index contributed by atoms with van der Waals surface area (Å²) in [6, 6.07) is 5.19. The average Bonchev–Trinajstić information content (AvgIpc) is 2.43. The molecule has 3 N–H and O–H groups in total. The third-order valence-electron chi connectivity index (χ3n) is 3.22. The highest BCUT2D eigenvalue weighted by Gasteiger charge is 2.20. The van der Waals surface area contributed by atoms with Gasteiger partial charge < -0.3 is 25.2 Å². The lowest BCUT2D eigenvalue weighted by atomic mass is 10.00. The van der Waals surface area contributed by atoms with E-state index in [0.717, 1.165) is 24.3 Å². The molecule has 19 heavy (non-hydrogen) atoms. The molecule has 1 heterocycles. The van der Waals surface area contributed by atoms with E-state index in [-0.39, 0.29) is 6.04 Å². The molecular weight excluding hydrogens is 244 g/mol. The van der Waals surface area contributed by atoms with Gasteiger partial charge in [0, 0.05) is 6.04 Å². The first kappa shape index (κ1) is 14.1. The second kappa shape index (κ2) is 6.23. The first-order valence-electron chi connectivity index (χ1n) is 6.56. The van der Waals surface area contributed by atoms with Crippen molar-refractivity contribution in [1.82, 2.24) is 4.90 Å². The molecular formula is C14H22N2O3. The molecule has 0 spiro atoms. The van der Waals surface area contributed by atoms with E-state index in [0.29, 0.717) is 19.0 Å². The monoisotopic (exact) mass is 266 g/mol. The van der Waals surface area contributed by atoms with E-state index in [2.05, 4.69) is 4.90 Å². The predicted molar refractivity (Wildman–Crippen MR) is 73.5 cm³/mol. The quantitative estimate of drug-likeness (QED) is 0.824. The highest BCUT2D eigenvalue weighted by molar-refractivity contribution is 5.44. The Hall–Kier alpha value is -1.30. The van der Waals surface area contributed by atoms with Crippen LogP contribution in [0.3, 0.4) is 0 Å². The molecule has 0 amide bonds. The number of benzene rings is 1. The second-order valence-electron chi connectivity index (χ2n) is 5.10. The molecule has 0 bridgehead atoms. The maximum absolute atomic E-state index is 10.3. The summed E-state index contributed by atoms with van der Waals surface area (Å²) < 4.78 is 11.0. The normalized spacial score (nSPS) is 17.3. The van der Waals surface area contributed by atoms with Crippen LogP contribution in [0, 0.1) is 0 Å². The summed E-state index contributed by atoms with van der Waals surface area (Å²) in [4.78, 5) is 2.05. The van der Waals surface area contributed by atoms with Gasteiger partial charge in [-0.2, -0.15) is 0 Å². The third-order valence-corrected chi connectivity index (χ3v) is 3.22. The van der Waals surface area contributed by atoms with Crippen LogP contribution in [0.2, 0.25) is 0 Å². The number of nitrogens with two attached hydrogens (primary N) is 1. The fourth-order valence-corrected chi connectivity index (χ4v) is 2.06. The van der Waals surface area contributed by atoms with Crippen LogP contribution in [0.15, 0.2) is 18.2 Å².